The molecular weight excluding hydrogens is 238 g/mol. The molecule has 6 nitrogen and oxygen atoms in total. The lowest BCUT2D eigenvalue weighted by atomic mass is 10.2. The first kappa shape index (κ1) is 16.4. The fourth-order valence-electron chi connectivity index (χ4n) is 0.975. The molecular formula is C12H21NO5. The minimum atomic E-state index is -1.17. The Morgan fingerprint density at radius 2 is 2.00 bits per heavy atom. The molecule has 6 heteroatoms. The first-order valence-corrected chi connectivity index (χ1v) is 5.67. The third kappa shape index (κ3) is 8.58. The lowest BCUT2D eigenvalue weighted by molar-refractivity contribution is -0.141. The molecule has 0 saturated carbocycles. The lowest BCUT2D eigenvalue weighted by Gasteiger charge is -2.21. The van der Waals surface area contributed by atoms with Gasteiger partial charge in [-0.05, 0) is 27.7 Å². The fraction of sp³-hybridized carbons (Fsp3) is 0.667. The van der Waals surface area contributed by atoms with Crippen molar-refractivity contribution in [2.45, 2.75) is 39.3 Å². The zero-order chi connectivity index (χ0) is 14.2. The third-order valence-corrected chi connectivity index (χ3v) is 1.72. The average Bonchev–Trinajstić information content (AvgIpc) is 2.19. The first-order chi connectivity index (χ1) is 8.26. The number of ether oxygens (including phenoxy) is 2. The lowest BCUT2D eigenvalue weighted by Crippen LogP contribution is -2.46. The molecule has 18 heavy (non-hydrogen) atoms. The van der Waals surface area contributed by atoms with E-state index in [2.05, 4.69) is 5.32 Å². The van der Waals surface area contributed by atoms with E-state index < -0.39 is 23.7 Å². The predicted octanol–water partition coefficient (Wildman–Crippen LogP) is 1.56. The predicted molar refractivity (Wildman–Crippen MR) is 66.4 cm³/mol. The van der Waals surface area contributed by atoms with E-state index in [0.717, 1.165) is 0 Å². The van der Waals surface area contributed by atoms with Crippen molar-refractivity contribution in [3.05, 3.63) is 12.2 Å². The molecule has 1 atom stereocenters. The molecule has 0 aliphatic rings. The van der Waals surface area contributed by atoms with Crippen molar-refractivity contribution >= 4 is 12.1 Å². The zero-order valence-corrected chi connectivity index (χ0v) is 11.2. The van der Waals surface area contributed by atoms with Crippen molar-refractivity contribution in [1.82, 2.24) is 5.32 Å². The van der Waals surface area contributed by atoms with Gasteiger partial charge in [-0.25, -0.2) is 9.59 Å². The molecule has 0 aromatic rings. The van der Waals surface area contributed by atoms with E-state index in [9.17, 15) is 9.59 Å². The van der Waals surface area contributed by atoms with Gasteiger partial charge >= 0.3 is 12.1 Å². The van der Waals surface area contributed by atoms with Crippen molar-refractivity contribution in [1.29, 1.82) is 0 Å². The normalized spacial score (nSPS) is 13.3. The Bertz CT molecular complexity index is 306. The molecule has 0 heterocycles. The summed E-state index contributed by atoms with van der Waals surface area (Å²) < 4.78 is 10.1. The summed E-state index contributed by atoms with van der Waals surface area (Å²) in [6.45, 7) is 7.12. The van der Waals surface area contributed by atoms with Gasteiger partial charge in [-0.15, -0.1) is 0 Å². The van der Waals surface area contributed by atoms with Gasteiger partial charge in [-0.2, -0.15) is 0 Å². The van der Waals surface area contributed by atoms with Crippen molar-refractivity contribution in [2.24, 2.45) is 0 Å². The van der Waals surface area contributed by atoms with Gasteiger partial charge in [-0.1, -0.05) is 12.2 Å². The van der Waals surface area contributed by atoms with Crippen LogP contribution in [0.4, 0.5) is 4.79 Å². The summed E-state index contributed by atoms with van der Waals surface area (Å²) in [5, 5.41) is 11.1. The maximum Gasteiger partial charge on any atom is 0.408 e. The SMILES string of the molecule is CC=CCOC[C@H](NC(=O)OC(C)(C)C)C(=O)O. The molecule has 0 rings (SSSR count). The second kappa shape index (κ2) is 7.71. The van der Waals surface area contributed by atoms with Gasteiger partial charge in [0.05, 0.1) is 13.2 Å². The maximum atomic E-state index is 11.4. The van der Waals surface area contributed by atoms with Gasteiger partial charge < -0.3 is 19.9 Å². The summed E-state index contributed by atoms with van der Waals surface area (Å²) >= 11 is 0. The summed E-state index contributed by atoms with van der Waals surface area (Å²) in [4.78, 5) is 22.3. The van der Waals surface area contributed by atoms with Crippen LogP contribution in [-0.4, -0.2) is 42.0 Å². The second-order valence-electron chi connectivity index (χ2n) is 4.64. The van der Waals surface area contributed by atoms with Gasteiger partial charge in [0.25, 0.3) is 0 Å². The van der Waals surface area contributed by atoms with Crippen LogP contribution in [0.25, 0.3) is 0 Å². The largest absolute Gasteiger partial charge is 0.480 e. The zero-order valence-electron chi connectivity index (χ0n) is 11.2. The van der Waals surface area contributed by atoms with E-state index in [1.807, 2.05) is 6.92 Å². The van der Waals surface area contributed by atoms with E-state index in [4.69, 9.17) is 14.6 Å². The summed E-state index contributed by atoms with van der Waals surface area (Å²) in [5.74, 6) is -1.17. The summed E-state index contributed by atoms with van der Waals surface area (Å²) in [7, 11) is 0. The highest BCUT2D eigenvalue weighted by molar-refractivity contribution is 5.80. The molecule has 0 aromatic heterocycles. The third-order valence-electron chi connectivity index (χ3n) is 1.72. The first-order valence-electron chi connectivity index (χ1n) is 5.67. The Labute approximate surface area is 107 Å². The molecule has 0 fully saturated rings. The van der Waals surface area contributed by atoms with Crippen LogP contribution in [0.2, 0.25) is 0 Å². The van der Waals surface area contributed by atoms with E-state index in [-0.39, 0.29) is 6.61 Å². The van der Waals surface area contributed by atoms with Crippen LogP contribution in [0.5, 0.6) is 0 Å². The van der Waals surface area contributed by atoms with Gasteiger partial charge in [0.1, 0.15) is 5.60 Å². The number of hydrogen-bond donors (Lipinski definition) is 2. The number of carboxylic acids is 1. The van der Waals surface area contributed by atoms with E-state index in [1.54, 1.807) is 32.9 Å². The number of allylic oxidation sites excluding steroid dienone is 1. The molecule has 0 spiro atoms. The highest BCUT2D eigenvalue weighted by atomic mass is 16.6. The molecule has 0 bridgehead atoms. The number of alkyl carbamates (subject to hydrolysis) is 1. The number of carbonyl (C=O) groups excluding carboxylic acids is 1. The standard InChI is InChI=1S/C12H21NO5/c1-5-6-7-17-8-9(10(14)15)13-11(16)18-12(2,3)4/h5-6,9H,7-8H2,1-4H3,(H,13,16)(H,14,15)/t9-/m0/s1. The molecule has 0 unspecified atom stereocenters. The van der Waals surface area contributed by atoms with Crippen LogP contribution in [0.15, 0.2) is 12.2 Å². The Kier molecular flexibility index (Phi) is 7.04. The summed E-state index contributed by atoms with van der Waals surface area (Å²) in [6.07, 6.45) is 2.76. The molecule has 2 N–H and O–H groups in total. The Balaban J connectivity index is 4.19. The maximum absolute atomic E-state index is 11.4. The minimum Gasteiger partial charge on any atom is -0.480 e. The number of carbonyl (C=O) groups is 2. The van der Waals surface area contributed by atoms with Crippen LogP contribution in [0.3, 0.4) is 0 Å². The number of amides is 1. The van der Waals surface area contributed by atoms with Gasteiger partial charge in [-0.3, -0.25) is 0 Å². The molecule has 0 aliphatic carbocycles. The topological polar surface area (TPSA) is 84.9 Å². The smallest absolute Gasteiger partial charge is 0.408 e. The van der Waals surface area contributed by atoms with Crippen LogP contribution in [0, 0.1) is 0 Å². The number of nitrogens with one attached hydrogen (secondary N) is 1. The molecule has 0 aliphatic heterocycles. The minimum absolute atomic E-state index is 0.112. The van der Waals surface area contributed by atoms with Crippen molar-refractivity contribution in [3.8, 4) is 0 Å². The Hall–Kier alpha value is -1.56. The van der Waals surface area contributed by atoms with Crippen LogP contribution in [0.1, 0.15) is 27.7 Å². The van der Waals surface area contributed by atoms with Gasteiger partial charge in [0.15, 0.2) is 6.04 Å². The molecule has 0 radical (unpaired) electrons. The van der Waals surface area contributed by atoms with Crippen LogP contribution >= 0.6 is 0 Å². The van der Waals surface area contributed by atoms with Crippen molar-refractivity contribution in [2.75, 3.05) is 13.2 Å². The van der Waals surface area contributed by atoms with Crippen LogP contribution in [-0.2, 0) is 14.3 Å². The van der Waals surface area contributed by atoms with Crippen molar-refractivity contribution in [3.63, 3.8) is 0 Å². The Morgan fingerprint density at radius 1 is 1.39 bits per heavy atom. The van der Waals surface area contributed by atoms with E-state index in [0.29, 0.717) is 6.61 Å². The van der Waals surface area contributed by atoms with Gasteiger partial charge in [0, 0.05) is 0 Å². The van der Waals surface area contributed by atoms with E-state index in [1.165, 1.54) is 0 Å². The molecule has 1 amide bonds. The molecule has 0 saturated heterocycles. The monoisotopic (exact) mass is 259 g/mol. The number of hydrogen-bond acceptors (Lipinski definition) is 4. The van der Waals surface area contributed by atoms with Crippen molar-refractivity contribution < 1.29 is 24.2 Å². The highest BCUT2D eigenvalue weighted by Gasteiger charge is 2.23. The number of aliphatic carboxylic acids is 1. The van der Waals surface area contributed by atoms with E-state index >= 15 is 0 Å². The Morgan fingerprint density at radius 3 is 2.44 bits per heavy atom. The number of rotatable bonds is 6. The van der Waals surface area contributed by atoms with Gasteiger partial charge in [0.2, 0.25) is 0 Å². The average molecular weight is 259 g/mol. The fourth-order valence-corrected chi connectivity index (χ4v) is 0.975. The second-order valence-corrected chi connectivity index (χ2v) is 4.64. The highest BCUT2D eigenvalue weighted by Crippen LogP contribution is 2.06. The molecule has 0 aromatic carbocycles. The number of carboxylic acid groups (broad SMARTS) is 1. The summed E-state index contributed by atoms with van der Waals surface area (Å²) in [5.41, 5.74) is -0.668. The van der Waals surface area contributed by atoms with Crippen LogP contribution < -0.4 is 5.32 Å². The summed E-state index contributed by atoms with van der Waals surface area (Å²) in [6, 6.07) is -1.12. The molecule has 104 valence electrons. The quantitative estimate of drug-likeness (QED) is 0.558.